The van der Waals surface area contributed by atoms with Gasteiger partial charge in [-0.2, -0.15) is 0 Å². The van der Waals surface area contributed by atoms with E-state index >= 15 is 0 Å². The lowest BCUT2D eigenvalue weighted by Gasteiger charge is -2.31. The van der Waals surface area contributed by atoms with Crippen LogP contribution in [0.2, 0.25) is 0 Å². The van der Waals surface area contributed by atoms with Crippen molar-refractivity contribution in [1.29, 1.82) is 0 Å². The number of carboxylic acid groups (broad SMARTS) is 1. The molecule has 4 nitrogen and oxygen atoms in total. The van der Waals surface area contributed by atoms with Gasteiger partial charge in [-0.3, -0.25) is 4.79 Å². The maximum Gasteiger partial charge on any atom is 0.323 e. The summed E-state index contributed by atoms with van der Waals surface area (Å²) in [5.74, 6) is 0.122. The van der Waals surface area contributed by atoms with Crippen LogP contribution in [0.5, 0.6) is 0 Å². The Morgan fingerprint density at radius 3 is 2.59 bits per heavy atom. The fourth-order valence-electron chi connectivity index (χ4n) is 2.25. The molecule has 0 saturated heterocycles. The van der Waals surface area contributed by atoms with Crippen LogP contribution in [-0.4, -0.2) is 48.7 Å². The summed E-state index contributed by atoms with van der Waals surface area (Å²) in [6.07, 6.45) is 5.72. The molecule has 1 atom stereocenters. The van der Waals surface area contributed by atoms with Crippen LogP contribution in [-0.2, 0) is 4.79 Å². The zero-order valence-corrected chi connectivity index (χ0v) is 11.3. The summed E-state index contributed by atoms with van der Waals surface area (Å²) in [7, 11) is 3.85. The Labute approximate surface area is 104 Å². The second-order valence-electron chi connectivity index (χ2n) is 5.55. The molecule has 0 aromatic heterocycles. The third-order valence-electron chi connectivity index (χ3n) is 4.04. The Morgan fingerprint density at radius 1 is 1.53 bits per heavy atom. The Balaban J connectivity index is 2.18. The van der Waals surface area contributed by atoms with Crippen molar-refractivity contribution in [2.45, 2.75) is 44.6 Å². The lowest BCUT2D eigenvalue weighted by molar-refractivity contribution is -0.144. The van der Waals surface area contributed by atoms with E-state index in [9.17, 15) is 4.79 Å². The largest absolute Gasteiger partial charge is 0.480 e. The third-order valence-corrected chi connectivity index (χ3v) is 4.04. The average molecular weight is 242 g/mol. The highest BCUT2D eigenvalue weighted by Gasteiger charge is 2.30. The van der Waals surface area contributed by atoms with Gasteiger partial charge in [-0.25, -0.2) is 0 Å². The van der Waals surface area contributed by atoms with Gasteiger partial charge in [0.1, 0.15) is 5.54 Å². The van der Waals surface area contributed by atoms with Crippen LogP contribution in [0.3, 0.4) is 0 Å². The first kappa shape index (κ1) is 14.5. The first-order chi connectivity index (χ1) is 7.98. The van der Waals surface area contributed by atoms with Crippen molar-refractivity contribution in [3.8, 4) is 0 Å². The third kappa shape index (κ3) is 4.28. The first-order valence-electron chi connectivity index (χ1n) is 6.59. The summed E-state index contributed by atoms with van der Waals surface area (Å²) < 4.78 is 0. The van der Waals surface area contributed by atoms with Gasteiger partial charge in [0.2, 0.25) is 0 Å². The van der Waals surface area contributed by atoms with Gasteiger partial charge in [0.15, 0.2) is 0 Å². The lowest BCUT2D eigenvalue weighted by Crippen LogP contribution is -2.47. The fraction of sp³-hybridized carbons (Fsp3) is 0.923. The number of hydrogen-bond donors (Lipinski definition) is 2. The van der Waals surface area contributed by atoms with E-state index in [4.69, 9.17) is 5.11 Å². The van der Waals surface area contributed by atoms with E-state index in [1.54, 1.807) is 14.0 Å². The maximum absolute atomic E-state index is 11.1. The molecule has 1 aliphatic carbocycles. The number of carboxylic acids is 1. The van der Waals surface area contributed by atoms with Gasteiger partial charge in [-0.05, 0) is 59.2 Å². The van der Waals surface area contributed by atoms with Crippen molar-refractivity contribution in [3.05, 3.63) is 0 Å². The molecule has 0 spiro atoms. The topological polar surface area (TPSA) is 52.6 Å². The zero-order valence-electron chi connectivity index (χ0n) is 11.3. The summed E-state index contributed by atoms with van der Waals surface area (Å²) in [4.78, 5) is 13.4. The molecule has 4 heteroatoms. The van der Waals surface area contributed by atoms with E-state index in [0.29, 0.717) is 6.42 Å². The molecule has 0 amide bonds. The van der Waals surface area contributed by atoms with Gasteiger partial charge in [0.05, 0.1) is 0 Å². The van der Waals surface area contributed by atoms with Gasteiger partial charge in [-0.1, -0.05) is 6.42 Å². The number of likely N-dealkylation sites (N-methyl/N-ethyl adjacent to an activating group) is 1. The molecule has 100 valence electrons. The zero-order chi connectivity index (χ0) is 12.9. The van der Waals surface area contributed by atoms with E-state index in [1.165, 1.54) is 25.8 Å². The van der Waals surface area contributed by atoms with E-state index in [1.807, 2.05) is 0 Å². The molecule has 0 aromatic carbocycles. The Hall–Kier alpha value is -0.610. The molecule has 0 bridgehead atoms. The SMILES string of the molecule is CNC(C)(CCCN(C)CC1CCC1)C(=O)O. The Bertz CT molecular complexity index is 254. The molecule has 1 saturated carbocycles. The quantitative estimate of drug-likeness (QED) is 0.678. The van der Waals surface area contributed by atoms with Crippen LogP contribution < -0.4 is 5.32 Å². The molecule has 0 aromatic rings. The molecule has 1 fully saturated rings. The van der Waals surface area contributed by atoms with Crippen molar-refractivity contribution >= 4 is 5.97 Å². The van der Waals surface area contributed by atoms with Gasteiger partial charge in [0, 0.05) is 6.54 Å². The van der Waals surface area contributed by atoms with Crippen molar-refractivity contribution in [2.24, 2.45) is 5.92 Å². The van der Waals surface area contributed by atoms with Crippen LogP contribution in [0.25, 0.3) is 0 Å². The predicted octanol–water partition coefficient (Wildman–Crippen LogP) is 1.56. The lowest BCUT2D eigenvalue weighted by atomic mass is 9.85. The van der Waals surface area contributed by atoms with Crippen molar-refractivity contribution in [2.75, 3.05) is 27.2 Å². The molecule has 0 heterocycles. The van der Waals surface area contributed by atoms with Gasteiger partial charge in [-0.15, -0.1) is 0 Å². The van der Waals surface area contributed by atoms with E-state index in [2.05, 4.69) is 17.3 Å². The summed E-state index contributed by atoms with van der Waals surface area (Å²) in [6, 6.07) is 0. The van der Waals surface area contributed by atoms with Gasteiger partial charge >= 0.3 is 5.97 Å². The summed E-state index contributed by atoms with van der Waals surface area (Å²) >= 11 is 0. The second kappa shape index (κ2) is 6.36. The van der Waals surface area contributed by atoms with E-state index < -0.39 is 11.5 Å². The molecule has 1 aliphatic rings. The van der Waals surface area contributed by atoms with Gasteiger partial charge in [0.25, 0.3) is 0 Å². The minimum Gasteiger partial charge on any atom is -0.480 e. The molecule has 2 N–H and O–H groups in total. The smallest absolute Gasteiger partial charge is 0.323 e. The first-order valence-corrected chi connectivity index (χ1v) is 6.59. The number of nitrogens with zero attached hydrogens (tertiary/aromatic N) is 1. The fourth-order valence-corrected chi connectivity index (χ4v) is 2.25. The minimum absolute atomic E-state index is 0.674. The van der Waals surface area contributed by atoms with Crippen molar-refractivity contribution < 1.29 is 9.90 Å². The highest BCUT2D eigenvalue weighted by molar-refractivity contribution is 5.78. The second-order valence-corrected chi connectivity index (χ2v) is 5.55. The molecular formula is C13H26N2O2. The normalized spacial score (nSPS) is 20.0. The molecule has 17 heavy (non-hydrogen) atoms. The molecule has 0 radical (unpaired) electrons. The summed E-state index contributed by atoms with van der Waals surface area (Å²) in [6.45, 7) is 3.91. The summed E-state index contributed by atoms with van der Waals surface area (Å²) in [5, 5.41) is 12.0. The molecule has 0 aliphatic heterocycles. The van der Waals surface area contributed by atoms with Gasteiger partial charge < -0.3 is 15.3 Å². The standard InChI is InChI=1S/C13H26N2O2/c1-13(14-2,12(16)17)8-5-9-15(3)10-11-6-4-7-11/h11,14H,4-10H2,1-3H3,(H,16,17). The van der Waals surface area contributed by atoms with Crippen LogP contribution in [0.1, 0.15) is 39.0 Å². The van der Waals surface area contributed by atoms with Crippen LogP contribution in [0.4, 0.5) is 0 Å². The van der Waals surface area contributed by atoms with Crippen molar-refractivity contribution in [1.82, 2.24) is 10.2 Å². The van der Waals surface area contributed by atoms with Crippen LogP contribution >= 0.6 is 0 Å². The number of rotatable bonds is 8. The average Bonchev–Trinajstić information content (AvgIpc) is 2.23. The number of nitrogens with one attached hydrogen (secondary N) is 1. The molecule has 1 rings (SSSR count). The monoisotopic (exact) mass is 242 g/mol. The minimum atomic E-state index is -0.780. The highest BCUT2D eigenvalue weighted by atomic mass is 16.4. The van der Waals surface area contributed by atoms with E-state index in [0.717, 1.165) is 18.9 Å². The number of carbonyl (C=O) groups is 1. The Kier molecular flexibility index (Phi) is 5.40. The van der Waals surface area contributed by atoms with Crippen molar-refractivity contribution in [3.63, 3.8) is 0 Å². The summed E-state index contributed by atoms with van der Waals surface area (Å²) in [5.41, 5.74) is -0.780. The molecule has 1 unspecified atom stereocenters. The number of aliphatic carboxylic acids is 1. The predicted molar refractivity (Wildman–Crippen MR) is 69.2 cm³/mol. The van der Waals surface area contributed by atoms with Crippen LogP contribution in [0, 0.1) is 5.92 Å². The maximum atomic E-state index is 11.1. The number of hydrogen-bond acceptors (Lipinski definition) is 3. The molecular weight excluding hydrogens is 216 g/mol. The Morgan fingerprint density at radius 2 is 2.18 bits per heavy atom. The van der Waals surface area contributed by atoms with Crippen LogP contribution in [0.15, 0.2) is 0 Å². The van der Waals surface area contributed by atoms with E-state index in [-0.39, 0.29) is 0 Å². The highest BCUT2D eigenvalue weighted by Crippen LogP contribution is 2.26.